The number of esters is 4. The zero-order valence-corrected chi connectivity index (χ0v) is 61.3. The molecule has 3 N–H and O–H groups in total. The van der Waals surface area contributed by atoms with Crippen molar-refractivity contribution in [3.63, 3.8) is 0 Å². The van der Waals surface area contributed by atoms with Crippen LogP contribution in [0.25, 0.3) is 0 Å². The number of ether oxygens (including phenoxy) is 4. The molecule has 5 atom stereocenters. The smallest absolute Gasteiger partial charge is 0.462 e. The fourth-order valence-corrected chi connectivity index (χ4v) is 12.4. The second-order valence-electron chi connectivity index (χ2n) is 27.9. The molecular formula is C72H140O17P2. The van der Waals surface area contributed by atoms with Crippen molar-refractivity contribution in [1.82, 2.24) is 0 Å². The lowest BCUT2D eigenvalue weighted by atomic mass is 10.0. The van der Waals surface area contributed by atoms with Gasteiger partial charge >= 0.3 is 39.5 Å². The highest BCUT2D eigenvalue weighted by Crippen LogP contribution is 2.45. The molecule has 19 heteroatoms. The van der Waals surface area contributed by atoms with Gasteiger partial charge in [-0.1, -0.05) is 306 Å². The van der Waals surface area contributed by atoms with Crippen LogP contribution >= 0.6 is 15.6 Å². The first kappa shape index (κ1) is 89.1. The summed E-state index contributed by atoms with van der Waals surface area (Å²) in [6, 6.07) is 0. The van der Waals surface area contributed by atoms with Gasteiger partial charge < -0.3 is 33.8 Å². The third-order valence-corrected chi connectivity index (χ3v) is 18.5. The van der Waals surface area contributed by atoms with Crippen molar-refractivity contribution >= 4 is 39.5 Å². The number of hydrogen-bond acceptors (Lipinski definition) is 15. The Morgan fingerprint density at radius 3 is 0.681 bits per heavy atom. The van der Waals surface area contributed by atoms with Crippen LogP contribution in [-0.4, -0.2) is 96.7 Å². The minimum Gasteiger partial charge on any atom is -0.462 e. The fraction of sp³-hybridized carbons (Fsp3) is 0.944. The summed E-state index contributed by atoms with van der Waals surface area (Å²) >= 11 is 0. The number of phosphoric acid groups is 2. The number of phosphoric ester groups is 2. The van der Waals surface area contributed by atoms with Gasteiger partial charge in [0.05, 0.1) is 26.4 Å². The maximum atomic E-state index is 13.0. The average molecular weight is 1340 g/mol. The Balaban J connectivity index is 5.20. The first-order chi connectivity index (χ1) is 43.6. The summed E-state index contributed by atoms with van der Waals surface area (Å²) in [7, 11) is -9.90. The van der Waals surface area contributed by atoms with Crippen LogP contribution in [0.3, 0.4) is 0 Å². The van der Waals surface area contributed by atoms with E-state index in [4.69, 9.17) is 37.0 Å². The first-order valence-electron chi connectivity index (χ1n) is 37.2. The molecule has 0 aliphatic heterocycles. The summed E-state index contributed by atoms with van der Waals surface area (Å²) in [5.74, 6) is 0.839. The Hall–Kier alpha value is -1.94. The third-order valence-electron chi connectivity index (χ3n) is 16.6. The molecule has 0 aromatic carbocycles. The number of hydrogen-bond donors (Lipinski definition) is 3. The molecule has 0 saturated carbocycles. The van der Waals surface area contributed by atoms with Crippen LogP contribution in [-0.2, 0) is 65.4 Å². The summed E-state index contributed by atoms with van der Waals surface area (Å²) in [5.41, 5.74) is 0. The van der Waals surface area contributed by atoms with E-state index in [9.17, 15) is 43.2 Å². The van der Waals surface area contributed by atoms with Crippen molar-refractivity contribution < 1.29 is 80.2 Å². The van der Waals surface area contributed by atoms with Crippen LogP contribution in [0.2, 0.25) is 0 Å². The van der Waals surface area contributed by atoms with Crippen molar-refractivity contribution in [2.24, 2.45) is 23.7 Å². The van der Waals surface area contributed by atoms with Gasteiger partial charge in [-0.2, -0.15) is 0 Å². The van der Waals surface area contributed by atoms with Gasteiger partial charge in [-0.05, 0) is 49.4 Å². The predicted octanol–water partition coefficient (Wildman–Crippen LogP) is 20.5. The van der Waals surface area contributed by atoms with Gasteiger partial charge in [0.25, 0.3) is 0 Å². The first-order valence-corrected chi connectivity index (χ1v) is 40.2. The molecule has 91 heavy (non-hydrogen) atoms. The fourth-order valence-electron chi connectivity index (χ4n) is 10.8. The van der Waals surface area contributed by atoms with E-state index in [2.05, 4.69) is 55.4 Å². The van der Waals surface area contributed by atoms with E-state index in [1.165, 1.54) is 161 Å². The second kappa shape index (κ2) is 61.6. The molecule has 0 amide bonds. The maximum absolute atomic E-state index is 13.0. The Labute approximate surface area is 556 Å². The van der Waals surface area contributed by atoms with Crippen molar-refractivity contribution in [3.8, 4) is 0 Å². The number of carbonyl (C=O) groups excluding carboxylic acids is 4. The number of aliphatic hydroxyl groups excluding tert-OH is 1. The Kier molecular flexibility index (Phi) is 60.3. The number of carbonyl (C=O) groups is 4. The molecule has 0 fully saturated rings. The number of unbranched alkanes of at least 4 members (excludes halogenated alkanes) is 35. The molecular weight excluding hydrogens is 1200 g/mol. The summed E-state index contributed by atoms with van der Waals surface area (Å²) in [6.45, 7) is 14.1. The summed E-state index contributed by atoms with van der Waals surface area (Å²) in [4.78, 5) is 72.6. The molecule has 0 rings (SSSR count). The molecule has 0 aliphatic carbocycles. The Morgan fingerprint density at radius 1 is 0.275 bits per heavy atom. The summed E-state index contributed by atoms with van der Waals surface area (Å²) in [5, 5.41) is 10.6. The zero-order chi connectivity index (χ0) is 67.5. The highest BCUT2D eigenvalue weighted by atomic mass is 31.2. The molecule has 3 unspecified atom stereocenters. The van der Waals surface area contributed by atoms with Crippen molar-refractivity contribution in [2.75, 3.05) is 39.6 Å². The minimum absolute atomic E-state index is 0.103. The lowest BCUT2D eigenvalue weighted by molar-refractivity contribution is -0.161. The van der Waals surface area contributed by atoms with Crippen LogP contribution in [0.4, 0.5) is 0 Å². The third kappa shape index (κ3) is 66.5. The Morgan fingerprint density at radius 2 is 0.462 bits per heavy atom. The highest BCUT2D eigenvalue weighted by Gasteiger charge is 2.30. The predicted molar refractivity (Wildman–Crippen MR) is 367 cm³/mol. The largest absolute Gasteiger partial charge is 0.472 e. The quantitative estimate of drug-likeness (QED) is 0.0222. The van der Waals surface area contributed by atoms with Crippen molar-refractivity contribution in [3.05, 3.63) is 0 Å². The van der Waals surface area contributed by atoms with E-state index in [1.54, 1.807) is 0 Å². The molecule has 0 spiro atoms. The SMILES string of the molecule is CC(C)CCCCCCCCCCCCCCCCCC(=O)OC[C@H](COP(=O)(O)OCC(O)COP(=O)(O)OC[C@@H](COC(=O)CCCCCCCCCCC(C)C)OC(=O)CCCCCCCCCCC(C)C)OC(=O)CCCCCCCCCCC(C)C. The molecule has 540 valence electrons. The van der Waals surface area contributed by atoms with Crippen molar-refractivity contribution in [1.29, 1.82) is 0 Å². The van der Waals surface area contributed by atoms with Crippen LogP contribution in [0.15, 0.2) is 0 Å². The van der Waals surface area contributed by atoms with Gasteiger partial charge in [0, 0.05) is 25.7 Å². The van der Waals surface area contributed by atoms with Crippen LogP contribution in [0.5, 0.6) is 0 Å². The van der Waals surface area contributed by atoms with Gasteiger partial charge in [0.15, 0.2) is 12.2 Å². The topological polar surface area (TPSA) is 237 Å². The van der Waals surface area contributed by atoms with E-state index < -0.39 is 97.5 Å². The number of aliphatic hydroxyl groups is 1. The highest BCUT2D eigenvalue weighted by molar-refractivity contribution is 7.47. The monoisotopic (exact) mass is 1340 g/mol. The molecule has 0 heterocycles. The molecule has 0 saturated heterocycles. The second-order valence-corrected chi connectivity index (χ2v) is 30.8. The summed E-state index contributed by atoms with van der Waals surface area (Å²) < 4.78 is 68.3. The van der Waals surface area contributed by atoms with Crippen LogP contribution < -0.4 is 0 Å². The minimum atomic E-state index is -4.95. The van der Waals surface area contributed by atoms with E-state index in [0.29, 0.717) is 25.7 Å². The van der Waals surface area contributed by atoms with Crippen LogP contribution in [0.1, 0.15) is 357 Å². The van der Waals surface area contributed by atoms with E-state index in [-0.39, 0.29) is 25.7 Å². The van der Waals surface area contributed by atoms with Crippen LogP contribution in [0, 0.1) is 23.7 Å². The van der Waals surface area contributed by atoms with Gasteiger partial charge in [-0.3, -0.25) is 37.3 Å². The molecule has 0 aromatic rings. The normalized spacial score (nSPS) is 14.2. The van der Waals surface area contributed by atoms with Gasteiger partial charge in [-0.15, -0.1) is 0 Å². The van der Waals surface area contributed by atoms with E-state index in [1.807, 2.05) is 0 Å². The molecule has 0 aromatic heterocycles. The number of rotatable bonds is 69. The van der Waals surface area contributed by atoms with E-state index in [0.717, 1.165) is 114 Å². The molecule has 17 nitrogen and oxygen atoms in total. The lowest BCUT2D eigenvalue weighted by Gasteiger charge is -2.21. The average Bonchev–Trinajstić information content (AvgIpc) is 3.59. The molecule has 0 radical (unpaired) electrons. The molecule has 0 aliphatic rings. The lowest BCUT2D eigenvalue weighted by Crippen LogP contribution is -2.30. The maximum Gasteiger partial charge on any atom is 0.472 e. The van der Waals surface area contributed by atoms with Gasteiger partial charge in [-0.25, -0.2) is 9.13 Å². The van der Waals surface area contributed by atoms with E-state index >= 15 is 0 Å². The van der Waals surface area contributed by atoms with Crippen molar-refractivity contribution in [2.45, 2.75) is 375 Å². The summed E-state index contributed by atoms with van der Waals surface area (Å²) in [6.07, 6.45) is 44.6. The van der Waals surface area contributed by atoms with Gasteiger partial charge in [0.1, 0.15) is 19.3 Å². The standard InChI is InChI=1S/C72H140O17P2/c1-62(2)48-40-32-24-16-14-12-10-9-11-13-15-17-28-36-44-52-69(74)82-58-67(88-71(76)54-46-38-30-22-19-26-34-42-50-64(5)6)60-86-90(78,79)84-56-66(73)57-85-91(80,81)87-61-68(89-72(77)55-47-39-31-23-20-27-35-43-51-65(7)8)59-83-70(75)53-45-37-29-21-18-25-33-41-49-63(3)4/h62-68,73H,9-61H2,1-8H3,(H,78,79)(H,80,81)/t66?,67-,68-/m1/s1. The Bertz CT molecular complexity index is 1800. The zero-order valence-electron chi connectivity index (χ0n) is 59.5. The van der Waals surface area contributed by atoms with Gasteiger partial charge in [0.2, 0.25) is 0 Å². The molecule has 0 bridgehead atoms.